The average molecular weight is 272 g/mol. The van der Waals surface area contributed by atoms with Gasteiger partial charge in [0.05, 0.1) is 5.70 Å². The summed E-state index contributed by atoms with van der Waals surface area (Å²) in [4.78, 5) is 6.95. The number of fused-ring (bicyclic) bond motifs is 2. The van der Waals surface area contributed by atoms with E-state index in [1.807, 2.05) is 11.3 Å². The van der Waals surface area contributed by atoms with Gasteiger partial charge in [-0.2, -0.15) is 0 Å². The molecular formula is C14H12N2S2. The molecule has 0 amide bonds. The Morgan fingerprint density at radius 3 is 3.17 bits per heavy atom. The van der Waals surface area contributed by atoms with E-state index < -0.39 is 0 Å². The number of thiophene rings is 1. The van der Waals surface area contributed by atoms with Crippen LogP contribution in [0.3, 0.4) is 0 Å². The Hall–Kier alpha value is -1.26. The minimum Gasteiger partial charge on any atom is -0.320 e. The molecule has 0 saturated heterocycles. The van der Waals surface area contributed by atoms with E-state index >= 15 is 0 Å². The maximum absolute atomic E-state index is 4.59. The highest BCUT2D eigenvalue weighted by Crippen LogP contribution is 2.39. The summed E-state index contributed by atoms with van der Waals surface area (Å²) in [5.41, 5.74) is 2.69. The number of hydrogen-bond acceptors (Lipinski definition) is 4. The smallest absolute Gasteiger partial charge is 0.168 e. The topological polar surface area (TPSA) is 15.6 Å². The van der Waals surface area contributed by atoms with Crippen molar-refractivity contribution in [3.8, 4) is 0 Å². The molecule has 0 radical (unpaired) electrons. The Balaban J connectivity index is 1.84. The fraction of sp³-hybridized carbons (Fsp3) is 0.214. The summed E-state index contributed by atoms with van der Waals surface area (Å²) in [6, 6.07) is 8.63. The largest absolute Gasteiger partial charge is 0.320 e. The zero-order valence-electron chi connectivity index (χ0n) is 9.80. The summed E-state index contributed by atoms with van der Waals surface area (Å²) < 4.78 is 1.36. The van der Waals surface area contributed by atoms with Crippen LogP contribution in [0.4, 0.5) is 0 Å². The number of amidine groups is 1. The Morgan fingerprint density at radius 1 is 1.22 bits per heavy atom. The fourth-order valence-electron chi connectivity index (χ4n) is 2.47. The minimum absolute atomic E-state index is 0.977. The van der Waals surface area contributed by atoms with E-state index in [4.69, 9.17) is 0 Å². The maximum atomic E-state index is 4.59. The van der Waals surface area contributed by atoms with Gasteiger partial charge in [0.1, 0.15) is 0 Å². The van der Waals surface area contributed by atoms with Gasteiger partial charge in [-0.15, -0.1) is 11.3 Å². The molecule has 1 aromatic carbocycles. The normalized spacial score (nSPS) is 18.8. The molecule has 0 spiro atoms. The maximum Gasteiger partial charge on any atom is 0.168 e. The van der Waals surface area contributed by atoms with Crippen LogP contribution in [0.25, 0.3) is 15.8 Å². The number of nitrogens with zero attached hydrogens (tertiary/aromatic N) is 2. The van der Waals surface area contributed by atoms with Crippen LogP contribution >= 0.6 is 23.1 Å². The fourth-order valence-corrected chi connectivity index (χ4v) is 4.37. The summed E-state index contributed by atoms with van der Waals surface area (Å²) in [6.07, 6.45) is 1.16. The Kier molecular flexibility index (Phi) is 2.45. The number of rotatable bonds is 1. The molecular weight excluding hydrogens is 260 g/mol. The lowest BCUT2D eigenvalue weighted by atomic mass is 10.1. The van der Waals surface area contributed by atoms with E-state index in [0.717, 1.165) is 19.5 Å². The van der Waals surface area contributed by atoms with Gasteiger partial charge in [0.25, 0.3) is 0 Å². The molecule has 2 aliphatic heterocycles. The molecule has 0 N–H and O–H groups in total. The second-order valence-electron chi connectivity index (χ2n) is 4.44. The predicted octanol–water partition coefficient (Wildman–Crippen LogP) is 4.01. The standard InChI is InChI=1S/C14H12N2S2/c1-2-5-13-10(4-1)11(8-17-13)12-9-18-14-15-6-3-7-16(12)14/h1-2,4-5,8-9H,3,6-7H2. The molecule has 0 unspecified atom stereocenters. The third-order valence-corrected chi connectivity index (χ3v) is 5.21. The summed E-state index contributed by atoms with van der Waals surface area (Å²) in [6.45, 7) is 2.08. The molecule has 0 fully saturated rings. The Labute approximate surface area is 114 Å². The molecule has 2 aliphatic rings. The van der Waals surface area contributed by atoms with Gasteiger partial charge in [-0.05, 0) is 12.5 Å². The first-order chi connectivity index (χ1) is 8.93. The van der Waals surface area contributed by atoms with Crippen molar-refractivity contribution in [1.82, 2.24) is 4.90 Å². The van der Waals surface area contributed by atoms with Crippen LogP contribution in [0.5, 0.6) is 0 Å². The molecule has 3 heterocycles. The lowest BCUT2D eigenvalue weighted by molar-refractivity contribution is 0.542. The van der Waals surface area contributed by atoms with E-state index in [0.29, 0.717) is 0 Å². The van der Waals surface area contributed by atoms with E-state index in [2.05, 4.69) is 44.9 Å². The van der Waals surface area contributed by atoms with Crippen molar-refractivity contribution in [2.75, 3.05) is 13.1 Å². The van der Waals surface area contributed by atoms with Crippen LogP contribution < -0.4 is 0 Å². The summed E-state index contributed by atoms with van der Waals surface area (Å²) >= 11 is 3.58. The number of benzene rings is 1. The second kappa shape index (κ2) is 4.14. The van der Waals surface area contributed by atoms with Crippen molar-refractivity contribution < 1.29 is 0 Å². The van der Waals surface area contributed by atoms with Gasteiger partial charge in [-0.1, -0.05) is 30.0 Å². The van der Waals surface area contributed by atoms with Crippen molar-refractivity contribution in [3.63, 3.8) is 0 Å². The summed E-state index contributed by atoms with van der Waals surface area (Å²) in [5.74, 6) is 0. The highest BCUT2D eigenvalue weighted by molar-refractivity contribution is 8.16. The van der Waals surface area contributed by atoms with Crippen LogP contribution in [0.2, 0.25) is 0 Å². The molecule has 4 rings (SSSR count). The van der Waals surface area contributed by atoms with Gasteiger partial charge < -0.3 is 4.90 Å². The molecule has 0 saturated carbocycles. The van der Waals surface area contributed by atoms with Gasteiger partial charge >= 0.3 is 0 Å². The third-order valence-electron chi connectivity index (χ3n) is 3.34. The van der Waals surface area contributed by atoms with Gasteiger partial charge in [0.2, 0.25) is 0 Å². The minimum atomic E-state index is 0.977. The van der Waals surface area contributed by atoms with Crippen LogP contribution in [-0.2, 0) is 0 Å². The highest BCUT2D eigenvalue weighted by Gasteiger charge is 2.26. The zero-order valence-corrected chi connectivity index (χ0v) is 11.4. The predicted molar refractivity (Wildman–Crippen MR) is 81.0 cm³/mol. The van der Waals surface area contributed by atoms with Crippen molar-refractivity contribution in [2.24, 2.45) is 4.99 Å². The van der Waals surface area contributed by atoms with E-state index in [1.165, 1.54) is 26.5 Å². The molecule has 2 aromatic rings. The summed E-state index contributed by atoms with van der Waals surface area (Å²) in [5, 5.41) is 7.06. The third kappa shape index (κ3) is 1.52. The van der Waals surface area contributed by atoms with Crippen LogP contribution in [-0.4, -0.2) is 23.2 Å². The first kappa shape index (κ1) is 10.6. The number of thioether (sulfide) groups is 1. The first-order valence-corrected chi connectivity index (χ1v) is 7.85. The van der Waals surface area contributed by atoms with E-state index in [1.54, 1.807) is 11.8 Å². The summed E-state index contributed by atoms with van der Waals surface area (Å²) in [7, 11) is 0. The Bertz CT molecular complexity index is 669. The molecule has 90 valence electrons. The Morgan fingerprint density at radius 2 is 2.17 bits per heavy atom. The molecule has 18 heavy (non-hydrogen) atoms. The quantitative estimate of drug-likeness (QED) is 0.779. The number of aliphatic imine (C=N–C) groups is 1. The lowest BCUT2D eigenvalue weighted by Gasteiger charge is -2.25. The van der Waals surface area contributed by atoms with E-state index in [9.17, 15) is 0 Å². The molecule has 4 heteroatoms. The zero-order chi connectivity index (χ0) is 11.9. The van der Waals surface area contributed by atoms with Crippen molar-refractivity contribution in [1.29, 1.82) is 0 Å². The molecule has 0 bridgehead atoms. The SMILES string of the molecule is C1=C(c2csc3ccccc23)N2CCCN=C2S1. The number of hydrogen-bond donors (Lipinski definition) is 0. The van der Waals surface area contributed by atoms with Gasteiger partial charge in [-0.25, -0.2) is 0 Å². The van der Waals surface area contributed by atoms with Gasteiger partial charge in [-0.3, -0.25) is 4.99 Å². The van der Waals surface area contributed by atoms with Crippen molar-refractivity contribution >= 4 is 44.0 Å². The molecule has 2 nitrogen and oxygen atoms in total. The molecule has 0 aliphatic carbocycles. The van der Waals surface area contributed by atoms with Crippen molar-refractivity contribution in [2.45, 2.75) is 6.42 Å². The van der Waals surface area contributed by atoms with Crippen molar-refractivity contribution in [3.05, 3.63) is 40.6 Å². The van der Waals surface area contributed by atoms with E-state index in [-0.39, 0.29) is 0 Å². The molecule has 1 aromatic heterocycles. The highest BCUT2D eigenvalue weighted by atomic mass is 32.2. The second-order valence-corrected chi connectivity index (χ2v) is 6.18. The van der Waals surface area contributed by atoms with Crippen LogP contribution in [0.1, 0.15) is 12.0 Å². The van der Waals surface area contributed by atoms with Gasteiger partial charge in [0.15, 0.2) is 5.17 Å². The van der Waals surface area contributed by atoms with Gasteiger partial charge in [0, 0.05) is 39.5 Å². The average Bonchev–Trinajstić information content (AvgIpc) is 3.01. The molecule has 0 atom stereocenters. The monoisotopic (exact) mass is 272 g/mol. The lowest BCUT2D eigenvalue weighted by Crippen LogP contribution is -2.28. The first-order valence-electron chi connectivity index (χ1n) is 6.09. The van der Waals surface area contributed by atoms with Crippen LogP contribution in [0.15, 0.2) is 40.0 Å². The van der Waals surface area contributed by atoms with Crippen LogP contribution in [0, 0.1) is 0 Å².